The van der Waals surface area contributed by atoms with Crippen LogP contribution in [0.4, 0.5) is 0 Å². The van der Waals surface area contributed by atoms with Gasteiger partial charge < -0.3 is 5.32 Å². The molecule has 0 radical (unpaired) electrons. The molecule has 1 fully saturated rings. The highest BCUT2D eigenvalue weighted by Gasteiger charge is 2.40. The fourth-order valence-electron chi connectivity index (χ4n) is 2.53. The first-order valence-electron chi connectivity index (χ1n) is 6.44. The number of thiophene rings is 1. The van der Waals surface area contributed by atoms with Crippen molar-refractivity contribution in [2.45, 2.75) is 52.0 Å². The first kappa shape index (κ1) is 12.6. The van der Waals surface area contributed by atoms with Crippen molar-refractivity contribution in [1.29, 1.82) is 0 Å². The predicted octanol–water partition coefficient (Wildman–Crippen LogP) is 3.16. The van der Waals surface area contributed by atoms with E-state index in [9.17, 15) is 4.79 Å². The third kappa shape index (κ3) is 2.54. The van der Waals surface area contributed by atoms with Crippen LogP contribution in [0.2, 0.25) is 0 Å². The van der Waals surface area contributed by atoms with Crippen LogP contribution in [-0.4, -0.2) is 11.4 Å². The van der Waals surface area contributed by atoms with E-state index in [1.165, 1.54) is 9.75 Å². The van der Waals surface area contributed by atoms with Gasteiger partial charge in [0.15, 0.2) is 0 Å². The Morgan fingerprint density at radius 2 is 2.12 bits per heavy atom. The molecule has 17 heavy (non-hydrogen) atoms. The van der Waals surface area contributed by atoms with Gasteiger partial charge in [0, 0.05) is 28.1 Å². The van der Waals surface area contributed by atoms with Crippen molar-refractivity contribution in [2.24, 2.45) is 5.92 Å². The Balaban J connectivity index is 2.16. The molecule has 1 aromatic heterocycles. The number of rotatable bonds is 4. The van der Waals surface area contributed by atoms with Crippen molar-refractivity contribution in [2.75, 3.05) is 0 Å². The van der Waals surface area contributed by atoms with Crippen molar-refractivity contribution < 1.29 is 4.79 Å². The van der Waals surface area contributed by atoms with Crippen LogP contribution in [0, 0.1) is 5.92 Å². The summed E-state index contributed by atoms with van der Waals surface area (Å²) in [5.41, 5.74) is -0.00700. The number of aryl methyl sites for hydroxylation is 1. The molecule has 1 saturated heterocycles. The molecule has 0 bridgehead atoms. The van der Waals surface area contributed by atoms with Crippen molar-refractivity contribution in [3.05, 3.63) is 21.9 Å². The molecule has 94 valence electrons. The molecule has 1 amide bonds. The number of hydrogen-bond donors (Lipinski definition) is 1. The zero-order chi connectivity index (χ0) is 12.5. The minimum Gasteiger partial charge on any atom is -0.350 e. The minimum absolute atomic E-state index is 0.00700. The molecule has 3 heteroatoms. The monoisotopic (exact) mass is 251 g/mol. The highest BCUT2D eigenvalue weighted by Crippen LogP contribution is 2.33. The first-order valence-corrected chi connectivity index (χ1v) is 7.26. The Labute approximate surface area is 107 Å². The minimum atomic E-state index is -0.00700. The summed E-state index contributed by atoms with van der Waals surface area (Å²) in [5, 5.41) is 3.21. The van der Waals surface area contributed by atoms with Gasteiger partial charge in [-0.1, -0.05) is 20.8 Å². The van der Waals surface area contributed by atoms with E-state index in [0.717, 1.165) is 19.3 Å². The van der Waals surface area contributed by atoms with Crippen LogP contribution in [0.3, 0.4) is 0 Å². The molecule has 1 atom stereocenters. The van der Waals surface area contributed by atoms with E-state index in [4.69, 9.17) is 0 Å². The Morgan fingerprint density at radius 1 is 1.41 bits per heavy atom. The second kappa shape index (κ2) is 4.81. The predicted molar refractivity (Wildman–Crippen MR) is 72.3 cm³/mol. The van der Waals surface area contributed by atoms with Crippen molar-refractivity contribution in [1.82, 2.24) is 5.32 Å². The molecule has 0 spiro atoms. The van der Waals surface area contributed by atoms with Crippen LogP contribution in [0.5, 0.6) is 0 Å². The lowest BCUT2D eigenvalue weighted by atomic mass is 9.81. The van der Waals surface area contributed by atoms with Crippen LogP contribution in [0.1, 0.15) is 43.4 Å². The summed E-state index contributed by atoms with van der Waals surface area (Å²) in [5.74, 6) is 0.701. The Bertz CT molecular complexity index is 410. The average Bonchev–Trinajstić information content (AvgIpc) is 2.87. The number of amides is 1. The Morgan fingerprint density at radius 3 is 2.59 bits per heavy atom. The molecule has 0 aromatic carbocycles. The maximum atomic E-state index is 11.5. The Kier molecular flexibility index (Phi) is 3.57. The number of carbonyl (C=O) groups is 1. The molecule has 1 aromatic rings. The normalized spacial score (nSPS) is 24.4. The van der Waals surface area contributed by atoms with Gasteiger partial charge in [-0.3, -0.25) is 4.79 Å². The van der Waals surface area contributed by atoms with Crippen molar-refractivity contribution >= 4 is 17.2 Å². The van der Waals surface area contributed by atoms with E-state index < -0.39 is 0 Å². The molecule has 2 nitrogen and oxygen atoms in total. The van der Waals surface area contributed by atoms with E-state index in [1.54, 1.807) is 0 Å². The van der Waals surface area contributed by atoms with Gasteiger partial charge in [-0.15, -0.1) is 11.3 Å². The van der Waals surface area contributed by atoms with Crippen LogP contribution in [0.25, 0.3) is 0 Å². The quantitative estimate of drug-likeness (QED) is 0.875. The van der Waals surface area contributed by atoms with E-state index in [-0.39, 0.29) is 11.4 Å². The van der Waals surface area contributed by atoms with E-state index in [0.29, 0.717) is 12.3 Å². The molecule has 1 aliphatic rings. The third-order valence-electron chi connectivity index (χ3n) is 3.85. The lowest BCUT2D eigenvalue weighted by molar-refractivity contribution is -0.120. The fraction of sp³-hybridized carbons (Fsp3) is 0.643. The standard InChI is InChI=1S/C14H21NOS/c1-4-11-5-6-12(17-11)9-14(10(2)3)8-7-13(16)15-14/h5-6,10H,4,7-9H2,1-3H3,(H,15,16). The molecular weight excluding hydrogens is 230 g/mol. The van der Waals surface area contributed by atoms with Crippen LogP contribution >= 0.6 is 11.3 Å². The third-order valence-corrected chi connectivity index (χ3v) is 5.08. The number of nitrogens with one attached hydrogen (secondary N) is 1. The van der Waals surface area contributed by atoms with Crippen LogP contribution < -0.4 is 5.32 Å². The first-order chi connectivity index (χ1) is 8.05. The molecule has 0 saturated carbocycles. The summed E-state index contributed by atoms with van der Waals surface area (Å²) in [7, 11) is 0. The van der Waals surface area contributed by atoms with E-state index in [1.807, 2.05) is 11.3 Å². The SMILES string of the molecule is CCc1ccc(CC2(C(C)C)CCC(=O)N2)s1. The maximum Gasteiger partial charge on any atom is 0.220 e. The second-order valence-corrected chi connectivity index (χ2v) is 6.51. The highest BCUT2D eigenvalue weighted by molar-refractivity contribution is 7.12. The van der Waals surface area contributed by atoms with Gasteiger partial charge >= 0.3 is 0 Å². The van der Waals surface area contributed by atoms with Gasteiger partial charge in [-0.05, 0) is 30.9 Å². The summed E-state index contributed by atoms with van der Waals surface area (Å²) in [6.45, 7) is 6.60. The lowest BCUT2D eigenvalue weighted by Gasteiger charge is -2.33. The summed E-state index contributed by atoms with van der Waals surface area (Å²) in [4.78, 5) is 14.3. The smallest absolute Gasteiger partial charge is 0.220 e. The Hall–Kier alpha value is -0.830. The van der Waals surface area contributed by atoms with Gasteiger partial charge in [0.25, 0.3) is 0 Å². The molecule has 2 heterocycles. The van der Waals surface area contributed by atoms with Gasteiger partial charge in [-0.25, -0.2) is 0 Å². The topological polar surface area (TPSA) is 29.1 Å². The van der Waals surface area contributed by atoms with Crippen LogP contribution in [-0.2, 0) is 17.6 Å². The zero-order valence-electron chi connectivity index (χ0n) is 10.9. The van der Waals surface area contributed by atoms with Gasteiger partial charge in [0.05, 0.1) is 0 Å². The summed E-state index contributed by atoms with van der Waals surface area (Å²) >= 11 is 1.89. The van der Waals surface area contributed by atoms with Gasteiger partial charge in [0.2, 0.25) is 5.91 Å². The zero-order valence-corrected chi connectivity index (χ0v) is 11.7. The molecular formula is C14H21NOS. The lowest BCUT2D eigenvalue weighted by Crippen LogP contribution is -2.47. The summed E-state index contributed by atoms with van der Waals surface area (Å²) in [6.07, 6.45) is 3.75. The van der Waals surface area contributed by atoms with Crippen molar-refractivity contribution in [3.63, 3.8) is 0 Å². The summed E-state index contributed by atoms with van der Waals surface area (Å²) in [6, 6.07) is 4.43. The molecule has 2 rings (SSSR count). The molecule has 1 unspecified atom stereocenters. The van der Waals surface area contributed by atoms with Gasteiger partial charge in [0.1, 0.15) is 0 Å². The number of hydrogen-bond acceptors (Lipinski definition) is 2. The largest absolute Gasteiger partial charge is 0.350 e. The molecule has 0 aliphatic carbocycles. The number of carbonyl (C=O) groups excluding carboxylic acids is 1. The van der Waals surface area contributed by atoms with Gasteiger partial charge in [-0.2, -0.15) is 0 Å². The fourth-order valence-corrected chi connectivity index (χ4v) is 3.61. The molecule has 1 N–H and O–H groups in total. The summed E-state index contributed by atoms with van der Waals surface area (Å²) < 4.78 is 0. The maximum absolute atomic E-state index is 11.5. The van der Waals surface area contributed by atoms with Crippen LogP contribution in [0.15, 0.2) is 12.1 Å². The molecule has 1 aliphatic heterocycles. The average molecular weight is 251 g/mol. The highest BCUT2D eigenvalue weighted by atomic mass is 32.1. The van der Waals surface area contributed by atoms with E-state index in [2.05, 4.69) is 38.2 Å². The van der Waals surface area contributed by atoms with E-state index >= 15 is 0 Å². The van der Waals surface area contributed by atoms with Crippen molar-refractivity contribution in [3.8, 4) is 0 Å². The second-order valence-electron chi connectivity index (χ2n) is 5.26.